The average Bonchev–Trinajstić information content (AvgIpc) is 3.34. The predicted octanol–water partition coefficient (Wildman–Crippen LogP) is 2.65. The first kappa shape index (κ1) is 16.0. The van der Waals surface area contributed by atoms with Crippen molar-refractivity contribution in [1.82, 2.24) is 19.9 Å². The molecule has 2 aliphatic rings. The normalized spacial score (nSPS) is 21.0. The van der Waals surface area contributed by atoms with Gasteiger partial charge in [-0.15, -0.1) is 10.2 Å². The minimum Gasteiger partial charge on any atom is -0.376 e. The molecular formula is C16H23N5O2S. The van der Waals surface area contributed by atoms with Crippen LogP contribution in [0.3, 0.4) is 0 Å². The van der Waals surface area contributed by atoms with Gasteiger partial charge in [0, 0.05) is 31.0 Å². The second kappa shape index (κ2) is 7.14. The number of rotatable bonds is 6. The van der Waals surface area contributed by atoms with E-state index >= 15 is 0 Å². The molecular weight excluding hydrogens is 326 g/mol. The van der Waals surface area contributed by atoms with E-state index in [0.717, 1.165) is 67.3 Å². The molecule has 7 nitrogen and oxygen atoms in total. The number of aromatic nitrogens is 4. The van der Waals surface area contributed by atoms with Crippen molar-refractivity contribution in [2.24, 2.45) is 0 Å². The molecule has 0 spiro atoms. The number of aryl methyl sites for hydroxylation is 1. The Labute approximate surface area is 145 Å². The van der Waals surface area contributed by atoms with Crippen molar-refractivity contribution in [3.8, 4) is 0 Å². The van der Waals surface area contributed by atoms with E-state index in [1.807, 2.05) is 6.92 Å². The van der Waals surface area contributed by atoms with E-state index in [1.165, 1.54) is 12.8 Å². The third kappa shape index (κ3) is 3.30. The SMILES string of the molecule is Cc1oncc1CSc1nnc(N2CCCC2)n1C[C@@H]1CCCO1. The molecule has 0 N–H and O–H groups in total. The van der Waals surface area contributed by atoms with Gasteiger partial charge in [0.15, 0.2) is 5.16 Å². The van der Waals surface area contributed by atoms with Crippen LogP contribution >= 0.6 is 11.8 Å². The van der Waals surface area contributed by atoms with Crippen LogP contribution in [0.2, 0.25) is 0 Å². The van der Waals surface area contributed by atoms with Crippen molar-refractivity contribution < 1.29 is 9.26 Å². The molecule has 2 saturated heterocycles. The smallest absolute Gasteiger partial charge is 0.228 e. The van der Waals surface area contributed by atoms with Crippen LogP contribution in [-0.4, -0.2) is 45.7 Å². The van der Waals surface area contributed by atoms with E-state index in [9.17, 15) is 0 Å². The van der Waals surface area contributed by atoms with Crippen LogP contribution in [0, 0.1) is 6.92 Å². The molecule has 0 aromatic carbocycles. The second-order valence-electron chi connectivity index (χ2n) is 6.42. The fraction of sp³-hybridized carbons (Fsp3) is 0.688. The molecule has 8 heteroatoms. The van der Waals surface area contributed by atoms with Gasteiger partial charge in [-0.05, 0) is 32.6 Å². The maximum absolute atomic E-state index is 5.84. The fourth-order valence-electron chi connectivity index (χ4n) is 3.29. The van der Waals surface area contributed by atoms with Crippen molar-refractivity contribution in [2.45, 2.75) is 56.2 Å². The largest absolute Gasteiger partial charge is 0.376 e. The molecule has 0 saturated carbocycles. The van der Waals surface area contributed by atoms with Gasteiger partial charge in [0.25, 0.3) is 0 Å². The number of thioether (sulfide) groups is 1. The molecule has 0 aliphatic carbocycles. The molecule has 2 aliphatic heterocycles. The highest BCUT2D eigenvalue weighted by Crippen LogP contribution is 2.29. The Morgan fingerprint density at radius 2 is 2.12 bits per heavy atom. The van der Waals surface area contributed by atoms with Crippen LogP contribution in [0.1, 0.15) is 37.0 Å². The Kier molecular flexibility index (Phi) is 4.75. The lowest BCUT2D eigenvalue weighted by Gasteiger charge is -2.20. The van der Waals surface area contributed by atoms with Gasteiger partial charge >= 0.3 is 0 Å². The molecule has 0 radical (unpaired) electrons. The van der Waals surface area contributed by atoms with E-state index < -0.39 is 0 Å². The molecule has 2 aromatic rings. The third-order valence-corrected chi connectivity index (χ3v) is 5.72. The van der Waals surface area contributed by atoms with E-state index in [2.05, 4.69) is 24.8 Å². The Morgan fingerprint density at radius 3 is 2.83 bits per heavy atom. The zero-order valence-electron chi connectivity index (χ0n) is 14.0. The average molecular weight is 349 g/mol. The van der Waals surface area contributed by atoms with Crippen molar-refractivity contribution in [2.75, 3.05) is 24.6 Å². The van der Waals surface area contributed by atoms with Gasteiger partial charge in [0.1, 0.15) is 5.76 Å². The van der Waals surface area contributed by atoms with Crippen LogP contribution in [-0.2, 0) is 17.0 Å². The zero-order valence-corrected chi connectivity index (χ0v) is 14.8. The quantitative estimate of drug-likeness (QED) is 0.743. The Hall–Kier alpha value is -1.54. The van der Waals surface area contributed by atoms with Gasteiger partial charge < -0.3 is 14.2 Å². The highest BCUT2D eigenvalue weighted by atomic mass is 32.2. The summed E-state index contributed by atoms with van der Waals surface area (Å²) < 4.78 is 13.2. The molecule has 0 unspecified atom stereocenters. The minimum absolute atomic E-state index is 0.277. The summed E-state index contributed by atoms with van der Waals surface area (Å²) in [5.74, 6) is 2.65. The molecule has 2 fully saturated rings. The summed E-state index contributed by atoms with van der Waals surface area (Å²) in [7, 11) is 0. The van der Waals surface area contributed by atoms with Crippen LogP contribution in [0.4, 0.5) is 5.95 Å². The van der Waals surface area contributed by atoms with Crippen molar-refractivity contribution in [3.05, 3.63) is 17.5 Å². The van der Waals surface area contributed by atoms with Gasteiger partial charge in [-0.3, -0.25) is 4.57 Å². The first-order chi connectivity index (χ1) is 11.8. The monoisotopic (exact) mass is 349 g/mol. The van der Waals surface area contributed by atoms with Crippen molar-refractivity contribution in [1.29, 1.82) is 0 Å². The standard InChI is InChI=1S/C16H23N5O2S/c1-12-13(9-17-23-12)11-24-16-19-18-15(20-6-2-3-7-20)21(16)10-14-5-4-8-22-14/h9,14H,2-8,10-11H2,1H3/t14-/m0/s1. The summed E-state index contributed by atoms with van der Waals surface area (Å²) in [5.41, 5.74) is 1.11. The second-order valence-corrected chi connectivity index (χ2v) is 7.36. The molecule has 0 bridgehead atoms. The Bertz CT molecular complexity index is 674. The van der Waals surface area contributed by atoms with Crippen molar-refractivity contribution in [3.63, 3.8) is 0 Å². The van der Waals surface area contributed by atoms with E-state index in [-0.39, 0.29) is 6.10 Å². The molecule has 1 atom stereocenters. The molecule has 2 aromatic heterocycles. The van der Waals surface area contributed by atoms with Gasteiger partial charge in [-0.2, -0.15) is 0 Å². The number of anilines is 1. The Morgan fingerprint density at radius 1 is 1.25 bits per heavy atom. The van der Waals surface area contributed by atoms with E-state index in [0.29, 0.717) is 0 Å². The lowest BCUT2D eigenvalue weighted by molar-refractivity contribution is 0.0952. The maximum atomic E-state index is 5.84. The highest BCUT2D eigenvalue weighted by molar-refractivity contribution is 7.98. The summed E-state index contributed by atoms with van der Waals surface area (Å²) in [5, 5.41) is 13.7. The van der Waals surface area contributed by atoms with Crippen LogP contribution in [0.5, 0.6) is 0 Å². The number of ether oxygens (including phenoxy) is 1. The van der Waals surface area contributed by atoms with Crippen LogP contribution < -0.4 is 4.90 Å². The van der Waals surface area contributed by atoms with Crippen LogP contribution in [0.25, 0.3) is 0 Å². The summed E-state index contributed by atoms with van der Waals surface area (Å²) in [4.78, 5) is 2.34. The van der Waals surface area contributed by atoms with E-state index in [4.69, 9.17) is 9.26 Å². The first-order valence-electron chi connectivity index (χ1n) is 8.64. The molecule has 130 valence electrons. The summed E-state index contributed by atoms with van der Waals surface area (Å²) in [6.45, 7) is 5.78. The summed E-state index contributed by atoms with van der Waals surface area (Å²) in [6.07, 6.45) is 6.79. The lowest BCUT2D eigenvalue weighted by atomic mass is 10.2. The lowest BCUT2D eigenvalue weighted by Crippen LogP contribution is -2.25. The maximum Gasteiger partial charge on any atom is 0.228 e. The molecule has 0 amide bonds. The summed E-state index contributed by atoms with van der Waals surface area (Å²) in [6, 6.07) is 0. The predicted molar refractivity (Wildman–Crippen MR) is 91.2 cm³/mol. The van der Waals surface area contributed by atoms with E-state index in [1.54, 1.807) is 18.0 Å². The van der Waals surface area contributed by atoms with Gasteiger partial charge in [0.05, 0.1) is 18.8 Å². The zero-order chi connectivity index (χ0) is 16.4. The number of hydrogen-bond acceptors (Lipinski definition) is 7. The van der Waals surface area contributed by atoms with Crippen molar-refractivity contribution >= 4 is 17.7 Å². The topological polar surface area (TPSA) is 69.2 Å². The number of nitrogens with zero attached hydrogens (tertiary/aromatic N) is 5. The van der Waals surface area contributed by atoms with Gasteiger partial charge in [0.2, 0.25) is 5.95 Å². The van der Waals surface area contributed by atoms with Crippen LogP contribution in [0.15, 0.2) is 15.9 Å². The fourth-order valence-corrected chi connectivity index (χ4v) is 4.26. The molecule has 4 rings (SSSR count). The third-order valence-electron chi connectivity index (χ3n) is 4.70. The van der Waals surface area contributed by atoms with Gasteiger partial charge in [-0.25, -0.2) is 0 Å². The molecule has 4 heterocycles. The van der Waals surface area contributed by atoms with Gasteiger partial charge in [-0.1, -0.05) is 16.9 Å². The first-order valence-corrected chi connectivity index (χ1v) is 9.62. The number of hydrogen-bond donors (Lipinski definition) is 0. The highest BCUT2D eigenvalue weighted by Gasteiger charge is 2.25. The summed E-state index contributed by atoms with van der Waals surface area (Å²) >= 11 is 1.69. The molecule has 24 heavy (non-hydrogen) atoms. The minimum atomic E-state index is 0.277. The Balaban J connectivity index is 1.54.